The van der Waals surface area contributed by atoms with Crippen molar-refractivity contribution in [1.82, 2.24) is 4.57 Å². The summed E-state index contributed by atoms with van der Waals surface area (Å²) in [6.07, 6.45) is 2.26. The lowest BCUT2D eigenvalue weighted by Gasteiger charge is -2.04. The summed E-state index contributed by atoms with van der Waals surface area (Å²) in [6.45, 7) is 3.59. The highest BCUT2D eigenvalue weighted by Gasteiger charge is 2.23. The van der Waals surface area contributed by atoms with Crippen molar-refractivity contribution in [3.05, 3.63) is 39.0 Å². The van der Waals surface area contributed by atoms with Crippen LogP contribution in [-0.4, -0.2) is 41.6 Å². The maximum absolute atomic E-state index is 10.5. The third kappa shape index (κ3) is 5.13. The number of aromatic nitrogens is 1. The molecule has 1 aliphatic heterocycles. The average molecular weight is 445 g/mol. The lowest BCUT2D eigenvalue weighted by atomic mass is 10.3. The molecule has 0 fully saturated rings. The zero-order valence-electron chi connectivity index (χ0n) is 16.5. The summed E-state index contributed by atoms with van der Waals surface area (Å²) < 4.78 is 18.2. The van der Waals surface area contributed by atoms with E-state index in [4.69, 9.17) is 26.4 Å². The third-order valence-electron chi connectivity index (χ3n) is 3.99. The normalized spacial score (nSPS) is 15.8. The van der Waals surface area contributed by atoms with Gasteiger partial charge in [0.2, 0.25) is 17.5 Å². The first kappa shape index (κ1) is 21.7. The minimum Gasteiger partial charge on any atom is -0.494 e. The van der Waals surface area contributed by atoms with Crippen molar-refractivity contribution >= 4 is 46.9 Å². The van der Waals surface area contributed by atoms with Crippen molar-refractivity contribution in [2.24, 2.45) is 9.98 Å². The first-order valence-corrected chi connectivity index (χ1v) is 10.4. The van der Waals surface area contributed by atoms with Crippen LogP contribution in [0.3, 0.4) is 0 Å². The Hall–Kier alpha value is -3.00. The van der Waals surface area contributed by atoms with Gasteiger partial charge >= 0.3 is 0 Å². The number of rotatable bonds is 8. The summed E-state index contributed by atoms with van der Waals surface area (Å²) >= 11 is 6.56. The zero-order chi connectivity index (χ0) is 21.5. The van der Waals surface area contributed by atoms with Crippen LogP contribution in [0.1, 0.15) is 18.2 Å². The highest BCUT2D eigenvalue weighted by Crippen LogP contribution is 2.30. The van der Waals surface area contributed by atoms with Gasteiger partial charge in [0.25, 0.3) is 5.90 Å². The molecule has 0 unspecified atom stereocenters. The Morgan fingerprint density at radius 2 is 2.17 bits per heavy atom. The molecule has 1 N–H and O–H groups in total. The molecule has 1 aliphatic rings. The number of nitriles is 1. The van der Waals surface area contributed by atoms with Gasteiger partial charge in [-0.1, -0.05) is 0 Å². The molecule has 0 saturated carbocycles. The van der Waals surface area contributed by atoms with Crippen LogP contribution < -0.4 is 4.74 Å². The second-order valence-electron chi connectivity index (χ2n) is 6.05. The predicted octanol–water partition coefficient (Wildman–Crippen LogP) is 4.44. The molecule has 0 spiro atoms. The number of methoxy groups -OCH3 is 1. The fraction of sp³-hybridized carbons (Fsp3) is 0.300. The van der Waals surface area contributed by atoms with E-state index < -0.39 is 0 Å². The summed E-state index contributed by atoms with van der Waals surface area (Å²) in [5.74, 6) is 1.01. The van der Waals surface area contributed by atoms with Crippen molar-refractivity contribution < 1.29 is 19.3 Å². The van der Waals surface area contributed by atoms with Crippen LogP contribution >= 0.6 is 23.6 Å². The molecule has 0 atom stereocenters. The molecule has 30 heavy (non-hydrogen) atoms. The Kier molecular flexibility index (Phi) is 7.35. The van der Waals surface area contributed by atoms with E-state index >= 15 is 0 Å². The number of aliphatic imine (C=N–C) groups is 2. The molecule has 10 heteroatoms. The van der Waals surface area contributed by atoms with E-state index in [1.165, 1.54) is 11.3 Å². The molecular weight excluding hydrogens is 424 g/mol. The number of hydrogen-bond donors (Lipinski definition) is 1. The maximum Gasteiger partial charge on any atom is 0.258 e. The Morgan fingerprint density at radius 3 is 2.83 bits per heavy atom. The van der Waals surface area contributed by atoms with E-state index in [1.54, 1.807) is 42.0 Å². The largest absolute Gasteiger partial charge is 0.494 e. The monoisotopic (exact) mass is 444 g/mol. The van der Waals surface area contributed by atoms with Crippen molar-refractivity contribution in [3.63, 3.8) is 0 Å². The molecule has 2 heterocycles. The molecule has 0 radical (unpaired) electrons. The summed E-state index contributed by atoms with van der Waals surface area (Å²) in [5, 5.41) is 19.8. The molecule has 156 valence electrons. The number of nitrogens with zero attached hydrogens (tertiary/aromatic N) is 4. The fourth-order valence-corrected chi connectivity index (χ4v) is 3.91. The van der Waals surface area contributed by atoms with Gasteiger partial charge in [0.15, 0.2) is 3.95 Å². The van der Waals surface area contributed by atoms with Crippen LogP contribution in [0.5, 0.6) is 11.6 Å². The molecule has 0 bridgehead atoms. The molecule has 0 saturated heterocycles. The summed E-state index contributed by atoms with van der Waals surface area (Å²) in [4.78, 5) is 8.99. The number of hydrogen-bond acceptors (Lipinski definition) is 9. The molecule has 8 nitrogen and oxygen atoms in total. The minimum atomic E-state index is 0.0304. The predicted molar refractivity (Wildman–Crippen MR) is 118 cm³/mol. The van der Waals surface area contributed by atoms with Gasteiger partial charge in [-0.2, -0.15) is 10.3 Å². The second-order valence-corrected chi connectivity index (χ2v) is 7.73. The van der Waals surface area contributed by atoms with Crippen LogP contribution in [-0.2, 0) is 16.0 Å². The van der Waals surface area contributed by atoms with Crippen LogP contribution in [0, 0.1) is 15.3 Å². The molecule has 1 aromatic heterocycles. The topological polar surface area (TPSA) is 101 Å². The third-order valence-corrected chi connectivity index (χ3v) is 5.37. The standard InChI is InChI=1S/C20H20N4O4S2/c1-3-27-14-7-5-13(6-8-14)22-18-15(12-21)23-17(28-18)11-16-19(25)24(20(29)30-16)9-4-10-26-2/h5-8,11,25H,3-4,9-10H2,1-2H3/b17-11+,22-18?. The Bertz CT molecular complexity index is 1090. The minimum absolute atomic E-state index is 0.0304. The Morgan fingerprint density at radius 1 is 1.40 bits per heavy atom. The van der Waals surface area contributed by atoms with E-state index in [0.29, 0.717) is 34.3 Å². The van der Waals surface area contributed by atoms with Crippen molar-refractivity contribution in [2.45, 2.75) is 19.9 Å². The maximum atomic E-state index is 10.5. The van der Waals surface area contributed by atoms with Crippen LogP contribution in [0.4, 0.5) is 5.69 Å². The molecule has 0 aliphatic carbocycles. The molecule has 2 aromatic rings. The summed E-state index contributed by atoms with van der Waals surface area (Å²) in [7, 11) is 1.62. The average Bonchev–Trinajstić information content (AvgIpc) is 3.24. The van der Waals surface area contributed by atoms with Crippen molar-refractivity contribution in [3.8, 4) is 17.7 Å². The van der Waals surface area contributed by atoms with E-state index in [0.717, 1.165) is 12.2 Å². The highest BCUT2D eigenvalue weighted by atomic mass is 32.1. The first-order chi connectivity index (χ1) is 14.5. The summed E-state index contributed by atoms with van der Waals surface area (Å²) in [6, 6.07) is 9.07. The van der Waals surface area contributed by atoms with Crippen molar-refractivity contribution in [1.29, 1.82) is 5.26 Å². The van der Waals surface area contributed by atoms with E-state index in [2.05, 4.69) is 9.98 Å². The zero-order valence-corrected chi connectivity index (χ0v) is 18.1. The molecular formula is C20H20N4O4S2. The molecule has 3 rings (SSSR count). The van der Waals surface area contributed by atoms with Gasteiger partial charge in [0.1, 0.15) is 11.8 Å². The van der Waals surface area contributed by atoms with E-state index in [9.17, 15) is 10.4 Å². The van der Waals surface area contributed by atoms with Gasteiger partial charge in [-0.05, 0) is 49.8 Å². The Balaban J connectivity index is 1.81. The van der Waals surface area contributed by atoms with Gasteiger partial charge in [0.05, 0.1) is 17.2 Å². The SMILES string of the molecule is CCOc1ccc(N=C2O/C(=C/c3sc(=S)n(CCCOC)c3O)N=C2C#N)cc1. The van der Waals surface area contributed by atoms with Gasteiger partial charge in [-0.15, -0.1) is 11.3 Å². The smallest absolute Gasteiger partial charge is 0.258 e. The lowest BCUT2D eigenvalue weighted by Crippen LogP contribution is -2.07. The van der Waals surface area contributed by atoms with Crippen LogP contribution in [0.2, 0.25) is 0 Å². The number of benzene rings is 1. The van der Waals surface area contributed by atoms with Gasteiger partial charge in [-0.3, -0.25) is 4.57 Å². The van der Waals surface area contributed by atoms with Gasteiger partial charge in [-0.25, -0.2) is 4.99 Å². The second kappa shape index (κ2) is 10.2. The lowest BCUT2D eigenvalue weighted by molar-refractivity contribution is 0.189. The highest BCUT2D eigenvalue weighted by molar-refractivity contribution is 7.73. The van der Waals surface area contributed by atoms with Gasteiger partial charge in [0, 0.05) is 26.3 Å². The fourth-order valence-electron chi connectivity index (χ4n) is 2.62. The van der Waals surface area contributed by atoms with Crippen LogP contribution in [0.25, 0.3) is 6.08 Å². The summed E-state index contributed by atoms with van der Waals surface area (Å²) in [5.41, 5.74) is 0.651. The van der Waals surface area contributed by atoms with Crippen LogP contribution in [0.15, 0.2) is 40.1 Å². The Labute approximate surface area is 183 Å². The number of thiazole rings is 1. The van der Waals surface area contributed by atoms with Crippen molar-refractivity contribution in [2.75, 3.05) is 20.3 Å². The van der Waals surface area contributed by atoms with E-state index in [1.807, 2.05) is 13.0 Å². The number of aromatic hydroxyl groups is 1. The number of ether oxygens (including phenoxy) is 3. The van der Waals surface area contributed by atoms with E-state index in [-0.39, 0.29) is 23.4 Å². The van der Waals surface area contributed by atoms with Gasteiger partial charge < -0.3 is 19.3 Å². The first-order valence-electron chi connectivity index (χ1n) is 9.17. The molecule has 0 amide bonds. The molecule has 1 aromatic carbocycles. The quantitative estimate of drug-likeness (QED) is 0.477.